The first-order valence-corrected chi connectivity index (χ1v) is 7.62. The van der Waals surface area contributed by atoms with Gasteiger partial charge in [0, 0.05) is 12.1 Å². The van der Waals surface area contributed by atoms with Crippen molar-refractivity contribution in [2.24, 2.45) is 0 Å². The maximum Gasteiger partial charge on any atom is 0.235 e. The van der Waals surface area contributed by atoms with Gasteiger partial charge in [0.15, 0.2) is 15.6 Å². The zero-order valence-electron chi connectivity index (χ0n) is 11.0. The Morgan fingerprint density at radius 2 is 1.74 bits per heavy atom. The number of hydrogen-bond acceptors (Lipinski definition) is 4. The summed E-state index contributed by atoms with van der Waals surface area (Å²) in [6.45, 7) is 3.74. The molecular weight excluding hydrogens is 266 g/mol. The minimum atomic E-state index is -3.66. The smallest absolute Gasteiger partial charge is 0.235 e. The number of sulfone groups is 1. The minimum absolute atomic E-state index is 0.0455. The molecule has 1 N–H and O–H groups in total. The Morgan fingerprint density at radius 1 is 1.16 bits per heavy atom. The lowest BCUT2D eigenvalue weighted by Crippen LogP contribution is -2.30. The van der Waals surface area contributed by atoms with Gasteiger partial charge in [-0.15, -0.1) is 0 Å². The highest BCUT2D eigenvalue weighted by Crippen LogP contribution is 2.12. The van der Waals surface area contributed by atoms with Crippen molar-refractivity contribution in [1.82, 2.24) is 5.32 Å². The Bertz CT molecular complexity index is 561. The first-order chi connectivity index (χ1) is 8.86. The van der Waals surface area contributed by atoms with Crippen LogP contribution in [0.4, 0.5) is 0 Å². The van der Waals surface area contributed by atoms with Gasteiger partial charge in [0.05, 0.1) is 4.90 Å². The minimum Gasteiger partial charge on any atom is -0.355 e. The molecule has 0 aliphatic carbocycles. The van der Waals surface area contributed by atoms with Crippen molar-refractivity contribution >= 4 is 21.5 Å². The molecule has 0 radical (unpaired) electrons. The van der Waals surface area contributed by atoms with Gasteiger partial charge in [0.25, 0.3) is 0 Å². The molecule has 0 aliphatic rings. The van der Waals surface area contributed by atoms with E-state index in [0.29, 0.717) is 12.1 Å². The van der Waals surface area contributed by atoms with Gasteiger partial charge in [-0.2, -0.15) is 0 Å². The average Bonchev–Trinajstić information content (AvgIpc) is 2.36. The van der Waals surface area contributed by atoms with Crippen LogP contribution in [0.3, 0.4) is 0 Å². The summed E-state index contributed by atoms with van der Waals surface area (Å²) in [6.07, 6.45) is 0.749. The molecule has 0 bridgehead atoms. The van der Waals surface area contributed by atoms with Gasteiger partial charge < -0.3 is 5.32 Å². The molecule has 104 valence electrons. The summed E-state index contributed by atoms with van der Waals surface area (Å²) in [7, 11) is -3.66. The molecule has 1 aromatic carbocycles. The Morgan fingerprint density at radius 3 is 2.21 bits per heavy atom. The lowest BCUT2D eigenvalue weighted by molar-refractivity contribution is -0.118. The molecule has 6 heteroatoms. The van der Waals surface area contributed by atoms with Crippen LogP contribution >= 0.6 is 0 Å². The molecule has 19 heavy (non-hydrogen) atoms. The van der Waals surface area contributed by atoms with Gasteiger partial charge in [-0.1, -0.05) is 19.1 Å². The average molecular weight is 283 g/mol. The maximum atomic E-state index is 11.9. The fourth-order valence-corrected chi connectivity index (χ4v) is 2.63. The quantitative estimate of drug-likeness (QED) is 0.795. The molecule has 0 fully saturated rings. The van der Waals surface area contributed by atoms with Crippen LogP contribution in [0.5, 0.6) is 0 Å². The molecule has 0 aliphatic heterocycles. The second-order valence-corrected chi connectivity index (χ2v) is 6.18. The highest BCUT2D eigenvalue weighted by atomic mass is 32.2. The molecule has 5 nitrogen and oxygen atoms in total. The molecule has 1 aromatic rings. The summed E-state index contributed by atoms with van der Waals surface area (Å²) < 4.78 is 23.9. The molecule has 0 unspecified atom stereocenters. The van der Waals surface area contributed by atoms with E-state index < -0.39 is 21.5 Å². The molecular formula is C13H17NO4S. The van der Waals surface area contributed by atoms with Crippen LogP contribution in [-0.4, -0.2) is 32.4 Å². The molecule has 0 aromatic heterocycles. The van der Waals surface area contributed by atoms with E-state index in [-0.39, 0.29) is 10.7 Å². The third-order valence-corrected chi connectivity index (χ3v) is 4.15. The van der Waals surface area contributed by atoms with Gasteiger partial charge in [-0.25, -0.2) is 8.42 Å². The summed E-state index contributed by atoms with van der Waals surface area (Å²) in [6, 6.07) is 5.58. The predicted molar refractivity (Wildman–Crippen MR) is 71.8 cm³/mol. The number of ketones is 1. The van der Waals surface area contributed by atoms with Gasteiger partial charge in [0.2, 0.25) is 5.91 Å². The van der Waals surface area contributed by atoms with Gasteiger partial charge in [-0.05, 0) is 25.5 Å². The van der Waals surface area contributed by atoms with Crippen molar-refractivity contribution in [3.63, 3.8) is 0 Å². The number of rotatable bonds is 6. The summed E-state index contributed by atoms with van der Waals surface area (Å²) in [5.41, 5.74) is 0.439. The molecule has 1 rings (SSSR count). The van der Waals surface area contributed by atoms with E-state index in [9.17, 15) is 18.0 Å². The van der Waals surface area contributed by atoms with Crippen LogP contribution in [0.1, 0.15) is 30.6 Å². The Kier molecular flexibility index (Phi) is 5.23. The van der Waals surface area contributed by atoms with Crippen LogP contribution in [0, 0.1) is 0 Å². The first-order valence-electron chi connectivity index (χ1n) is 5.97. The van der Waals surface area contributed by atoms with E-state index in [1.165, 1.54) is 31.2 Å². The van der Waals surface area contributed by atoms with Crippen molar-refractivity contribution in [3.8, 4) is 0 Å². The van der Waals surface area contributed by atoms with Crippen molar-refractivity contribution in [3.05, 3.63) is 29.8 Å². The van der Waals surface area contributed by atoms with Crippen molar-refractivity contribution in [2.45, 2.75) is 25.2 Å². The summed E-state index contributed by atoms with van der Waals surface area (Å²) in [5, 5.41) is 2.52. The van der Waals surface area contributed by atoms with E-state index in [2.05, 4.69) is 5.32 Å². The van der Waals surface area contributed by atoms with Crippen LogP contribution < -0.4 is 5.32 Å². The van der Waals surface area contributed by atoms with Gasteiger partial charge >= 0.3 is 0 Å². The number of Topliss-reactive ketones (excluding diaryl/α,β-unsaturated/α-hetero) is 1. The largest absolute Gasteiger partial charge is 0.355 e. The highest BCUT2D eigenvalue weighted by Gasteiger charge is 2.19. The third-order valence-electron chi connectivity index (χ3n) is 2.51. The molecule has 0 saturated heterocycles. The topological polar surface area (TPSA) is 80.3 Å². The fourth-order valence-electron chi connectivity index (χ4n) is 1.47. The Labute approximate surface area is 112 Å². The molecule has 0 heterocycles. The monoisotopic (exact) mass is 283 g/mol. The van der Waals surface area contributed by atoms with Crippen molar-refractivity contribution in [2.75, 3.05) is 12.3 Å². The lowest BCUT2D eigenvalue weighted by atomic mass is 10.2. The standard InChI is InChI=1S/C13H17NO4S/c1-3-8-14-13(16)9-19(17,18)12-6-4-11(5-7-12)10(2)15/h4-7H,3,8-9H2,1-2H3,(H,14,16). The molecule has 0 spiro atoms. The number of amides is 1. The van der Waals surface area contributed by atoms with E-state index in [0.717, 1.165) is 6.42 Å². The SMILES string of the molecule is CCCNC(=O)CS(=O)(=O)c1ccc(C(C)=O)cc1. The molecule has 0 saturated carbocycles. The van der Waals surface area contributed by atoms with Gasteiger partial charge in [-0.3, -0.25) is 9.59 Å². The normalized spacial score (nSPS) is 11.1. The van der Waals surface area contributed by atoms with Crippen molar-refractivity contribution < 1.29 is 18.0 Å². The summed E-state index contributed by atoms with van der Waals surface area (Å²) in [4.78, 5) is 22.6. The zero-order chi connectivity index (χ0) is 14.5. The Balaban J connectivity index is 2.82. The van der Waals surface area contributed by atoms with E-state index in [1.54, 1.807) is 0 Å². The Hall–Kier alpha value is -1.69. The summed E-state index contributed by atoms with van der Waals surface area (Å²) >= 11 is 0. The summed E-state index contributed by atoms with van der Waals surface area (Å²) in [5.74, 6) is -1.23. The third kappa shape index (κ3) is 4.48. The van der Waals surface area contributed by atoms with Crippen LogP contribution in [-0.2, 0) is 14.6 Å². The fraction of sp³-hybridized carbons (Fsp3) is 0.385. The van der Waals surface area contributed by atoms with Crippen LogP contribution in [0.15, 0.2) is 29.2 Å². The zero-order valence-corrected chi connectivity index (χ0v) is 11.8. The highest BCUT2D eigenvalue weighted by molar-refractivity contribution is 7.92. The van der Waals surface area contributed by atoms with Crippen molar-refractivity contribution in [1.29, 1.82) is 0 Å². The number of hydrogen-bond donors (Lipinski definition) is 1. The van der Waals surface area contributed by atoms with E-state index in [1.807, 2.05) is 6.92 Å². The molecule has 0 atom stereocenters. The lowest BCUT2D eigenvalue weighted by Gasteiger charge is -2.06. The second kappa shape index (κ2) is 6.47. The predicted octanol–water partition coefficient (Wildman–Crippen LogP) is 1.19. The van der Waals surface area contributed by atoms with Crippen LogP contribution in [0.25, 0.3) is 0 Å². The number of benzene rings is 1. The number of carbonyl (C=O) groups excluding carboxylic acids is 2. The van der Waals surface area contributed by atoms with Crippen LogP contribution in [0.2, 0.25) is 0 Å². The van der Waals surface area contributed by atoms with E-state index in [4.69, 9.17) is 0 Å². The van der Waals surface area contributed by atoms with Gasteiger partial charge in [0.1, 0.15) is 5.75 Å². The first kappa shape index (κ1) is 15.4. The van der Waals surface area contributed by atoms with E-state index >= 15 is 0 Å². The maximum absolute atomic E-state index is 11.9. The second-order valence-electron chi connectivity index (χ2n) is 4.19. The molecule has 1 amide bonds. The number of carbonyl (C=O) groups is 2. The number of nitrogens with one attached hydrogen (secondary N) is 1.